The fourth-order valence-corrected chi connectivity index (χ4v) is 2.84. The number of amides is 1. The van der Waals surface area contributed by atoms with E-state index < -0.39 is 0 Å². The number of nitrogens with one attached hydrogen (secondary N) is 3. The summed E-state index contributed by atoms with van der Waals surface area (Å²) in [5, 5.41) is 9.02. The van der Waals surface area contributed by atoms with E-state index in [4.69, 9.17) is 21.7 Å². The normalized spacial score (nSPS) is 12.8. The molecule has 0 saturated carbocycles. The van der Waals surface area contributed by atoms with Gasteiger partial charge >= 0.3 is 0 Å². The third-order valence-electron chi connectivity index (χ3n) is 4.38. The van der Waals surface area contributed by atoms with Crippen LogP contribution in [0.2, 0.25) is 0 Å². The third-order valence-corrected chi connectivity index (χ3v) is 4.58. The number of thiocarbonyl (C=S) groups is 1. The summed E-state index contributed by atoms with van der Waals surface area (Å²) in [6.45, 7) is 8.59. The second kappa shape index (κ2) is 14.5. The Labute approximate surface area is 189 Å². The zero-order valence-corrected chi connectivity index (χ0v) is 19.1. The van der Waals surface area contributed by atoms with E-state index in [9.17, 15) is 4.79 Å². The van der Waals surface area contributed by atoms with Crippen LogP contribution in [0.4, 0.5) is 5.69 Å². The molecule has 2 aromatic rings. The molecule has 8 heteroatoms. The standard InChI is InChI=1S/C19H23N3O2S.C4H9NO/c1-3-4-5-12-24-17-10-8-16(9-11-17)21-19(25)22-18(23)15-7-6-14(2)20-13-15;1-3-6-4-2-5-1/h6-11,13H,3-5,12H2,1-2H3,(H2,21,22,23,25);5H,1-4H2. The zero-order chi connectivity index (χ0) is 22.3. The lowest BCUT2D eigenvalue weighted by Crippen LogP contribution is -2.34. The molecule has 1 aromatic heterocycles. The minimum Gasteiger partial charge on any atom is -0.494 e. The summed E-state index contributed by atoms with van der Waals surface area (Å²) in [4.78, 5) is 16.2. The van der Waals surface area contributed by atoms with E-state index in [2.05, 4.69) is 27.9 Å². The molecule has 1 aliphatic heterocycles. The number of benzene rings is 1. The zero-order valence-electron chi connectivity index (χ0n) is 18.3. The Morgan fingerprint density at radius 1 is 1.16 bits per heavy atom. The summed E-state index contributed by atoms with van der Waals surface area (Å²) in [6.07, 6.45) is 4.93. The largest absolute Gasteiger partial charge is 0.494 e. The van der Waals surface area contributed by atoms with Gasteiger partial charge in [-0.15, -0.1) is 0 Å². The molecule has 168 valence electrons. The Bertz CT molecular complexity index is 782. The highest BCUT2D eigenvalue weighted by atomic mass is 32.1. The molecule has 0 atom stereocenters. The van der Waals surface area contributed by atoms with Crippen molar-refractivity contribution in [1.82, 2.24) is 15.6 Å². The topological polar surface area (TPSA) is 84.5 Å². The third kappa shape index (κ3) is 10.3. The maximum Gasteiger partial charge on any atom is 0.258 e. The number of rotatable bonds is 7. The summed E-state index contributed by atoms with van der Waals surface area (Å²) >= 11 is 5.18. The Morgan fingerprint density at radius 3 is 2.45 bits per heavy atom. The Kier molecular flexibility index (Phi) is 11.5. The number of ether oxygens (including phenoxy) is 2. The van der Waals surface area contributed by atoms with Crippen molar-refractivity contribution in [2.75, 3.05) is 38.2 Å². The molecule has 1 aliphatic rings. The number of carbonyl (C=O) groups is 1. The highest BCUT2D eigenvalue weighted by Gasteiger charge is 2.08. The van der Waals surface area contributed by atoms with E-state index in [1.54, 1.807) is 12.1 Å². The van der Waals surface area contributed by atoms with Crippen LogP contribution >= 0.6 is 12.2 Å². The number of carbonyl (C=O) groups excluding carboxylic acids is 1. The Balaban J connectivity index is 0.000000488. The summed E-state index contributed by atoms with van der Waals surface area (Å²) in [6, 6.07) is 11.0. The lowest BCUT2D eigenvalue weighted by atomic mass is 10.2. The van der Waals surface area contributed by atoms with Crippen LogP contribution in [0.25, 0.3) is 0 Å². The first-order chi connectivity index (χ1) is 15.1. The predicted octanol–water partition coefficient (Wildman–Crippen LogP) is 3.69. The fraction of sp³-hybridized carbons (Fsp3) is 0.435. The molecule has 0 unspecified atom stereocenters. The van der Waals surface area contributed by atoms with E-state index in [1.165, 1.54) is 19.0 Å². The number of hydrogen-bond donors (Lipinski definition) is 3. The molecular weight excluding hydrogens is 412 g/mol. The van der Waals surface area contributed by atoms with Crippen molar-refractivity contribution in [3.63, 3.8) is 0 Å². The molecule has 0 aliphatic carbocycles. The smallest absolute Gasteiger partial charge is 0.258 e. The number of nitrogens with zero attached hydrogens (tertiary/aromatic N) is 1. The fourth-order valence-electron chi connectivity index (χ4n) is 2.63. The Hall–Kier alpha value is -2.55. The average molecular weight is 445 g/mol. The van der Waals surface area contributed by atoms with Crippen molar-refractivity contribution in [2.24, 2.45) is 0 Å². The molecular formula is C23H32N4O3S. The molecule has 1 aromatic carbocycles. The molecule has 1 amide bonds. The lowest BCUT2D eigenvalue weighted by molar-refractivity contribution is 0.0977. The first-order valence-corrected chi connectivity index (χ1v) is 11.1. The van der Waals surface area contributed by atoms with E-state index in [1.807, 2.05) is 31.2 Å². The summed E-state index contributed by atoms with van der Waals surface area (Å²) in [7, 11) is 0. The van der Waals surface area contributed by atoms with Crippen molar-refractivity contribution >= 4 is 28.9 Å². The maximum absolute atomic E-state index is 12.1. The van der Waals surface area contributed by atoms with Crippen LogP contribution in [0.3, 0.4) is 0 Å². The monoisotopic (exact) mass is 444 g/mol. The second-order valence-corrected chi connectivity index (χ2v) is 7.45. The van der Waals surface area contributed by atoms with Gasteiger partial charge in [0.15, 0.2) is 5.11 Å². The van der Waals surface area contributed by atoms with Gasteiger partial charge in [0.05, 0.1) is 25.4 Å². The molecule has 0 bridgehead atoms. The number of pyridine rings is 1. The van der Waals surface area contributed by atoms with Crippen molar-refractivity contribution in [3.8, 4) is 5.75 Å². The first kappa shape index (κ1) is 24.7. The average Bonchev–Trinajstić information content (AvgIpc) is 2.80. The molecule has 1 saturated heterocycles. The molecule has 2 heterocycles. The highest BCUT2D eigenvalue weighted by molar-refractivity contribution is 7.80. The van der Waals surface area contributed by atoms with Crippen LogP contribution in [-0.4, -0.2) is 48.9 Å². The van der Waals surface area contributed by atoms with Gasteiger partial charge in [-0.1, -0.05) is 19.8 Å². The maximum atomic E-state index is 12.1. The van der Waals surface area contributed by atoms with Crippen molar-refractivity contribution < 1.29 is 14.3 Å². The van der Waals surface area contributed by atoms with Crippen LogP contribution in [0.1, 0.15) is 42.2 Å². The van der Waals surface area contributed by atoms with Gasteiger partial charge in [-0.2, -0.15) is 0 Å². The van der Waals surface area contributed by atoms with Crippen molar-refractivity contribution in [3.05, 3.63) is 53.9 Å². The number of aromatic nitrogens is 1. The predicted molar refractivity (Wildman–Crippen MR) is 128 cm³/mol. The first-order valence-electron chi connectivity index (χ1n) is 10.6. The molecule has 1 fully saturated rings. The van der Waals surface area contributed by atoms with Gasteiger partial charge < -0.3 is 20.1 Å². The van der Waals surface area contributed by atoms with Gasteiger partial charge in [-0.05, 0) is 62.0 Å². The molecule has 7 nitrogen and oxygen atoms in total. The van der Waals surface area contributed by atoms with Gasteiger partial charge in [0.25, 0.3) is 5.91 Å². The minimum absolute atomic E-state index is 0.238. The van der Waals surface area contributed by atoms with Crippen LogP contribution in [0, 0.1) is 6.92 Å². The number of anilines is 1. The van der Waals surface area contributed by atoms with Gasteiger partial charge in [0, 0.05) is 30.7 Å². The van der Waals surface area contributed by atoms with Gasteiger partial charge in [-0.25, -0.2) is 0 Å². The number of morpholine rings is 1. The molecule has 0 spiro atoms. The van der Waals surface area contributed by atoms with E-state index in [0.29, 0.717) is 5.56 Å². The number of unbranched alkanes of at least 4 members (excludes halogenated alkanes) is 2. The molecule has 3 rings (SSSR count). The summed E-state index contributed by atoms with van der Waals surface area (Å²) in [5.41, 5.74) is 2.10. The lowest BCUT2D eigenvalue weighted by Gasteiger charge is -2.11. The summed E-state index contributed by atoms with van der Waals surface area (Å²) in [5.74, 6) is 0.531. The van der Waals surface area contributed by atoms with E-state index in [0.717, 1.165) is 56.5 Å². The number of aryl methyl sites for hydroxylation is 1. The molecule has 0 radical (unpaired) electrons. The van der Waals surface area contributed by atoms with Crippen LogP contribution in [0.5, 0.6) is 5.75 Å². The van der Waals surface area contributed by atoms with Crippen LogP contribution in [-0.2, 0) is 4.74 Å². The Morgan fingerprint density at radius 2 is 1.90 bits per heavy atom. The molecule has 3 N–H and O–H groups in total. The highest BCUT2D eigenvalue weighted by Crippen LogP contribution is 2.16. The van der Waals surface area contributed by atoms with Gasteiger partial charge in [-0.3, -0.25) is 15.1 Å². The quantitative estimate of drug-likeness (QED) is 0.444. The number of hydrogen-bond acceptors (Lipinski definition) is 6. The van der Waals surface area contributed by atoms with Crippen LogP contribution < -0.4 is 20.7 Å². The minimum atomic E-state index is -0.291. The van der Waals surface area contributed by atoms with Crippen molar-refractivity contribution in [2.45, 2.75) is 33.1 Å². The second-order valence-electron chi connectivity index (χ2n) is 7.04. The molecule has 31 heavy (non-hydrogen) atoms. The SMILES string of the molecule is C1COCCN1.CCCCCOc1ccc(NC(=S)NC(=O)c2ccc(C)nc2)cc1. The van der Waals surface area contributed by atoms with Gasteiger partial charge in [0.2, 0.25) is 0 Å². The van der Waals surface area contributed by atoms with Gasteiger partial charge in [0.1, 0.15) is 5.75 Å². The van der Waals surface area contributed by atoms with Crippen molar-refractivity contribution in [1.29, 1.82) is 0 Å². The van der Waals surface area contributed by atoms with E-state index >= 15 is 0 Å². The van der Waals surface area contributed by atoms with E-state index in [-0.39, 0.29) is 11.0 Å². The summed E-state index contributed by atoms with van der Waals surface area (Å²) < 4.78 is 10.7. The van der Waals surface area contributed by atoms with Crippen LogP contribution in [0.15, 0.2) is 42.6 Å².